The standard InChI is InChI=1S/C17H19ClN2O2S/c1-12-3-4-13(2)17(9-12)23(21,22)20(18)16-6-5-15-11-19-8-7-14(15)10-16/h3-6,9-10,19H,7-8,11H2,1-2H3. The summed E-state index contributed by atoms with van der Waals surface area (Å²) in [5.74, 6) is 0. The van der Waals surface area contributed by atoms with Crippen molar-refractivity contribution in [3.05, 3.63) is 58.7 Å². The molecule has 1 aliphatic heterocycles. The molecule has 4 nitrogen and oxygen atoms in total. The van der Waals surface area contributed by atoms with Gasteiger partial charge in [0, 0.05) is 18.3 Å². The van der Waals surface area contributed by atoms with Gasteiger partial charge >= 0.3 is 0 Å². The van der Waals surface area contributed by atoms with Gasteiger partial charge in [0.05, 0.1) is 10.6 Å². The van der Waals surface area contributed by atoms with Crippen LogP contribution in [0, 0.1) is 13.8 Å². The molecule has 3 rings (SSSR count). The number of hydrogen-bond donors (Lipinski definition) is 1. The van der Waals surface area contributed by atoms with Gasteiger partial charge in [0.25, 0.3) is 10.0 Å². The van der Waals surface area contributed by atoms with E-state index in [1.54, 1.807) is 25.1 Å². The van der Waals surface area contributed by atoms with Crippen molar-refractivity contribution in [1.82, 2.24) is 5.32 Å². The van der Waals surface area contributed by atoms with Crippen molar-refractivity contribution in [2.24, 2.45) is 0 Å². The van der Waals surface area contributed by atoms with Crippen LogP contribution in [0.25, 0.3) is 0 Å². The van der Waals surface area contributed by atoms with Gasteiger partial charge in [-0.15, -0.1) is 0 Å². The van der Waals surface area contributed by atoms with E-state index in [1.807, 2.05) is 25.1 Å². The lowest BCUT2D eigenvalue weighted by molar-refractivity contribution is 0.597. The molecule has 2 aromatic carbocycles. The van der Waals surface area contributed by atoms with E-state index in [4.69, 9.17) is 11.8 Å². The molecule has 23 heavy (non-hydrogen) atoms. The van der Waals surface area contributed by atoms with E-state index < -0.39 is 10.0 Å². The molecule has 1 N–H and O–H groups in total. The predicted molar refractivity (Wildman–Crippen MR) is 93.3 cm³/mol. The lowest BCUT2D eigenvalue weighted by Gasteiger charge is -2.22. The van der Waals surface area contributed by atoms with Gasteiger partial charge < -0.3 is 5.32 Å². The highest BCUT2D eigenvalue weighted by molar-refractivity contribution is 7.94. The fourth-order valence-corrected chi connectivity index (χ4v) is 4.49. The van der Waals surface area contributed by atoms with Gasteiger partial charge in [-0.25, -0.2) is 0 Å². The minimum atomic E-state index is -3.79. The van der Waals surface area contributed by atoms with E-state index >= 15 is 0 Å². The molecular weight excluding hydrogens is 332 g/mol. The molecule has 1 heterocycles. The Hall–Kier alpha value is -1.56. The third kappa shape index (κ3) is 3.09. The highest BCUT2D eigenvalue weighted by Crippen LogP contribution is 2.30. The van der Waals surface area contributed by atoms with E-state index in [0.717, 1.165) is 34.5 Å². The van der Waals surface area contributed by atoms with E-state index in [-0.39, 0.29) is 4.90 Å². The molecule has 0 aromatic heterocycles. The summed E-state index contributed by atoms with van der Waals surface area (Å²) in [6, 6.07) is 10.9. The van der Waals surface area contributed by atoms with Crippen LogP contribution in [-0.2, 0) is 23.0 Å². The topological polar surface area (TPSA) is 49.4 Å². The Kier molecular flexibility index (Phi) is 4.36. The van der Waals surface area contributed by atoms with Crippen LogP contribution in [0.1, 0.15) is 22.3 Å². The van der Waals surface area contributed by atoms with E-state index in [1.165, 1.54) is 5.56 Å². The molecule has 0 unspecified atom stereocenters. The van der Waals surface area contributed by atoms with Crippen molar-refractivity contribution in [2.45, 2.75) is 31.7 Å². The lowest BCUT2D eigenvalue weighted by atomic mass is 10.0. The van der Waals surface area contributed by atoms with Gasteiger partial charge in [-0.3, -0.25) is 0 Å². The maximum absolute atomic E-state index is 12.9. The third-order valence-electron chi connectivity index (χ3n) is 4.11. The molecule has 0 fully saturated rings. The van der Waals surface area contributed by atoms with Gasteiger partial charge in [0.15, 0.2) is 0 Å². The fraction of sp³-hybridized carbons (Fsp3) is 0.294. The van der Waals surface area contributed by atoms with Gasteiger partial charge in [0.1, 0.15) is 0 Å². The summed E-state index contributed by atoms with van der Waals surface area (Å²) in [6.07, 6.45) is 0.872. The molecule has 6 heteroatoms. The summed E-state index contributed by atoms with van der Waals surface area (Å²) >= 11 is 6.23. The zero-order chi connectivity index (χ0) is 16.6. The number of anilines is 1. The van der Waals surface area contributed by atoms with Crippen LogP contribution >= 0.6 is 11.8 Å². The number of sulfonamides is 1. The van der Waals surface area contributed by atoms with Gasteiger partial charge in [0.2, 0.25) is 0 Å². The van der Waals surface area contributed by atoms with Crippen LogP contribution in [-0.4, -0.2) is 15.0 Å². The zero-order valence-corrected chi connectivity index (χ0v) is 14.7. The first-order valence-corrected chi connectivity index (χ1v) is 9.28. The predicted octanol–water partition coefficient (Wildman–Crippen LogP) is 3.30. The van der Waals surface area contributed by atoms with E-state index in [2.05, 4.69) is 5.32 Å². The van der Waals surface area contributed by atoms with Crippen LogP contribution in [0.2, 0.25) is 0 Å². The second-order valence-electron chi connectivity index (χ2n) is 5.87. The first kappa shape index (κ1) is 16.3. The minimum absolute atomic E-state index is 0.242. The SMILES string of the molecule is Cc1ccc(C)c(S(=O)(=O)N(Cl)c2ccc3c(c2)CCNC3)c1. The Morgan fingerprint density at radius 3 is 2.65 bits per heavy atom. The molecule has 0 radical (unpaired) electrons. The average Bonchev–Trinajstić information content (AvgIpc) is 2.55. The quantitative estimate of drug-likeness (QED) is 0.864. The Bertz CT molecular complexity index is 850. The third-order valence-corrected chi connectivity index (χ3v) is 6.48. The zero-order valence-electron chi connectivity index (χ0n) is 13.1. The number of aryl methyl sites for hydroxylation is 2. The Morgan fingerprint density at radius 2 is 1.87 bits per heavy atom. The van der Waals surface area contributed by atoms with Crippen LogP contribution < -0.4 is 9.14 Å². The number of nitrogens with one attached hydrogen (secondary N) is 1. The molecule has 0 spiro atoms. The first-order valence-electron chi connectivity index (χ1n) is 7.50. The molecule has 0 atom stereocenters. The van der Waals surface area contributed by atoms with Gasteiger partial charge in [-0.2, -0.15) is 12.2 Å². The Labute approximate surface area is 142 Å². The molecule has 0 saturated carbocycles. The van der Waals surface area contributed by atoms with Crippen LogP contribution in [0.4, 0.5) is 5.69 Å². The monoisotopic (exact) mass is 350 g/mol. The first-order chi connectivity index (χ1) is 10.9. The number of nitrogens with zero attached hydrogens (tertiary/aromatic N) is 1. The molecule has 0 aliphatic carbocycles. The average molecular weight is 351 g/mol. The second-order valence-corrected chi connectivity index (χ2v) is 8.16. The fourth-order valence-electron chi connectivity index (χ4n) is 2.78. The number of hydrogen-bond acceptors (Lipinski definition) is 3. The second kappa shape index (κ2) is 6.15. The summed E-state index contributed by atoms with van der Waals surface area (Å²) in [6.45, 7) is 5.34. The van der Waals surface area contributed by atoms with Crippen LogP contribution in [0.5, 0.6) is 0 Å². The number of benzene rings is 2. The summed E-state index contributed by atoms with van der Waals surface area (Å²) in [4.78, 5) is 0.242. The van der Waals surface area contributed by atoms with Gasteiger partial charge in [-0.1, -0.05) is 18.2 Å². The highest BCUT2D eigenvalue weighted by Gasteiger charge is 2.26. The molecule has 122 valence electrons. The summed E-state index contributed by atoms with van der Waals surface area (Å²) in [5, 5.41) is 3.29. The maximum atomic E-state index is 12.9. The smallest absolute Gasteiger partial charge is 0.278 e. The lowest BCUT2D eigenvalue weighted by Crippen LogP contribution is -2.25. The number of rotatable bonds is 3. The molecular formula is C17H19ClN2O2S. The highest BCUT2D eigenvalue weighted by atomic mass is 35.5. The van der Waals surface area contributed by atoms with Gasteiger partial charge in [-0.05, 0) is 67.3 Å². The van der Waals surface area contributed by atoms with Crippen LogP contribution in [0.15, 0.2) is 41.3 Å². The Morgan fingerprint density at radius 1 is 1.09 bits per heavy atom. The van der Waals surface area contributed by atoms with Crippen molar-refractivity contribution >= 4 is 27.5 Å². The molecule has 2 aromatic rings. The van der Waals surface area contributed by atoms with Crippen LogP contribution in [0.3, 0.4) is 0 Å². The van der Waals surface area contributed by atoms with E-state index in [0.29, 0.717) is 11.3 Å². The number of halogens is 1. The van der Waals surface area contributed by atoms with E-state index in [9.17, 15) is 8.42 Å². The summed E-state index contributed by atoms with van der Waals surface area (Å²) in [7, 11) is -3.79. The summed E-state index contributed by atoms with van der Waals surface area (Å²) < 4.78 is 26.6. The molecule has 0 amide bonds. The molecule has 1 aliphatic rings. The van der Waals surface area contributed by atoms with Crippen molar-refractivity contribution < 1.29 is 8.42 Å². The molecule has 0 bridgehead atoms. The van der Waals surface area contributed by atoms with Crippen molar-refractivity contribution in [1.29, 1.82) is 0 Å². The van der Waals surface area contributed by atoms with Crippen molar-refractivity contribution in [2.75, 3.05) is 10.4 Å². The molecule has 0 saturated heterocycles. The number of fused-ring (bicyclic) bond motifs is 1. The maximum Gasteiger partial charge on any atom is 0.278 e. The summed E-state index contributed by atoms with van der Waals surface area (Å²) in [5.41, 5.74) is 4.38. The minimum Gasteiger partial charge on any atom is -0.312 e. The van der Waals surface area contributed by atoms with Crippen molar-refractivity contribution in [3.63, 3.8) is 0 Å². The normalized spacial score (nSPS) is 14.4. The Balaban J connectivity index is 2.01. The van der Waals surface area contributed by atoms with Crippen molar-refractivity contribution in [3.8, 4) is 0 Å². The largest absolute Gasteiger partial charge is 0.312 e.